The number of hydrogen-bond donors (Lipinski definition) is 0. The van der Waals surface area contributed by atoms with Crippen LogP contribution in [0, 0.1) is 5.92 Å². The number of aldehydes is 1. The number of esters is 1. The van der Waals surface area contributed by atoms with Crippen molar-refractivity contribution in [2.24, 2.45) is 5.92 Å². The Hall–Kier alpha value is -0.860. The van der Waals surface area contributed by atoms with E-state index in [4.69, 9.17) is 4.74 Å². The van der Waals surface area contributed by atoms with Gasteiger partial charge >= 0.3 is 5.97 Å². The third-order valence-corrected chi connectivity index (χ3v) is 5.36. The third-order valence-electron chi connectivity index (χ3n) is 5.36. The predicted molar refractivity (Wildman–Crippen MR) is 115 cm³/mol. The Morgan fingerprint density at radius 1 is 0.704 bits per heavy atom. The zero-order valence-electron chi connectivity index (χ0n) is 18.3. The van der Waals surface area contributed by atoms with Crippen LogP contribution in [0.5, 0.6) is 0 Å². The van der Waals surface area contributed by atoms with Crippen molar-refractivity contribution in [1.82, 2.24) is 0 Å². The Morgan fingerprint density at radius 2 is 1.19 bits per heavy atom. The summed E-state index contributed by atoms with van der Waals surface area (Å²) in [4.78, 5) is 22.8. The van der Waals surface area contributed by atoms with Crippen LogP contribution in [0.1, 0.15) is 129 Å². The first-order valence-electron chi connectivity index (χ1n) is 11.9. The predicted octanol–water partition coefficient (Wildman–Crippen LogP) is 7.41. The highest BCUT2D eigenvalue weighted by molar-refractivity contribution is 5.72. The molecule has 0 saturated carbocycles. The van der Waals surface area contributed by atoms with Crippen molar-refractivity contribution in [3.05, 3.63) is 0 Å². The summed E-state index contributed by atoms with van der Waals surface area (Å²) in [5.74, 6) is 0.116. The molecule has 0 N–H and O–H groups in total. The summed E-state index contributed by atoms with van der Waals surface area (Å²) in [6, 6.07) is 0. The first-order chi connectivity index (χ1) is 13.3. The summed E-state index contributed by atoms with van der Waals surface area (Å²) < 4.78 is 5.55. The molecule has 0 radical (unpaired) electrons. The second-order valence-corrected chi connectivity index (χ2v) is 7.99. The average Bonchev–Trinajstić information content (AvgIpc) is 2.68. The average molecular weight is 383 g/mol. The molecule has 0 aromatic rings. The first-order valence-corrected chi connectivity index (χ1v) is 11.9. The van der Waals surface area contributed by atoms with Crippen molar-refractivity contribution < 1.29 is 14.3 Å². The monoisotopic (exact) mass is 382 g/mol. The summed E-state index contributed by atoms with van der Waals surface area (Å²) in [6.45, 7) is 5.00. The zero-order chi connectivity index (χ0) is 20.0. The second kappa shape index (κ2) is 21.4. The summed E-state index contributed by atoms with van der Waals surface area (Å²) in [7, 11) is 0. The minimum absolute atomic E-state index is 0.0208. The topological polar surface area (TPSA) is 43.4 Å². The van der Waals surface area contributed by atoms with Gasteiger partial charge in [-0.1, -0.05) is 90.9 Å². The van der Waals surface area contributed by atoms with Gasteiger partial charge in [0, 0.05) is 6.42 Å². The molecule has 0 aromatic carbocycles. The van der Waals surface area contributed by atoms with Crippen molar-refractivity contribution in [2.75, 3.05) is 6.61 Å². The largest absolute Gasteiger partial charge is 0.465 e. The van der Waals surface area contributed by atoms with Crippen LogP contribution < -0.4 is 0 Å². The third kappa shape index (κ3) is 18.3. The Bertz CT molecular complexity index is 312. The number of carbonyl (C=O) groups excluding carboxylic acids is 2. The molecule has 0 atom stereocenters. The maximum absolute atomic E-state index is 12.5. The van der Waals surface area contributed by atoms with E-state index in [2.05, 4.69) is 13.8 Å². The smallest absolute Gasteiger partial charge is 0.308 e. The number of unbranched alkanes of at least 4 members (excludes halogenated alkanes) is 13. The van der Waals surface area contributed by atoms with Gasteiger partial charge in [-0.05, 0) is 32.1 Å². The van der Waals surface area contributed by atoms with Crippen molar-refractivity contribution in [2.45, 2.75) is 129 Å². The summed E-state index contributed by atoms with van der Waals surface area (Å²) in [6.07, 6.45) is 21.5. The van der Waals surface area contributed by atoms with Crippen molar-refractivity contribution in [1.29, 1.82) is 0 Å². The van der Waals surface area contributed by atoms with Gasteiger partial charge < -0.3 is 9.53 Å². The van der Waals surface area contributed by atoms with E-state index in [-0.39, 0.29) is 11.9 Å². The Morgan fingerprint density at radius 3 is 1.70 bits per heavy atom. The van der Waals surface area contributed by atoms with E-state index in [1.54, 1.807) is 0 Å². The molecule has 0 bridgehead atoms. The number of ether oxygens (including phenoxy) is 1. The number of carbonyl (C=O) groups is 2. The summed E-state index contributed by atoms with van der Waals surface area (Å²) >= 11 is 0. The molecule has 0 aliphatic rings. The van der Waals surface area contributed by atoms with E-state index in [0.717, 1.165) is 51.2 Å². The molecule has 0 heterocycles. The van der Waals surface area contributed by atoms with Gasteiger partial charge in [0.1, 0.15) is 6.29 Å². The van der Waals surface area contributed by atoms with Crippen LogP contribution in [0.25, 0.3) is 0 Å². The van der Waals surface area contributed by atoms with Crippen LogP contribution in [0.2, 0.25) is 0 Å². The molecule has 0 rings (SSSR count). The maximum Gasteiger partial charge on any atom is 0.308 e. The molecule has 3 heteroatoms. The fraction of sp³-hybridized carbons (Fsp3) is 0.917. The van der Waals surface area contributed by atoms with Crippen LogP contribution in [0.4, 0.5) is 0 Å². The van der Waals surface area contributed by atoms with E-state index >= 15 is 0 Å². The van der Waals surface area contributed by atoms with Gasteiger partial charge in [-0.25, -0.2) is 0 Å². The van der Waals surface area contributed by atoms with Crippen LogP contribution in [0.3, 0.4) is 0 Å². The Kier molecular flexibility index (Phi) is 20.8. The lowest BCUT2D eigenvalue weighted by Gasteiger charge is -2.16. The molecule has 0 aromatic heterocycles. The van der Waals surface area contributed by atoms with Gasteiger partial charge in [0.15, 0.2) is 0 Å². The standard InChI is InChI=1S/C24H46O3/c1-3-5-7-9-11-15-19-23(20-16-12-10-8-6-4-2)24(26)27-22-18-14-13-17-21-25/h21,23H,3-20,22H2,1-2H3. The van der Waals surface area contributed by atoms with Crippen LogP contribution >= 0.6 is 0 Å². The summed E-state index contributed by atoms with van der Waals surface area (Å²) in [5.41, 5.74) is 0. The highest BCUT2D eigenvalue weighted by Crippen LogP contribution is 2.21. The lowest BCUT2D eigenvalue weighted by atomic mass is 9.94. The highest BCUT2D eigenvalue weighted by Gasteiger charge is 2.19. The Balaban J connectivity index is 4.04. The van der Waals surface area contributed by atoms with Crippen molar-refractivity contribution >= 4 is 12.3 Å². The van der Waals surface area contributed by atoms with Gasteiger partial charge in [-0.2, -0.15) is 0 Å². The fourth-order valence-electron chi connectivity index (χ4n) is 3.52. The molecule has 0 unspecified atom stereocenters. The molecule has 0 saturated heterocycles. The zero-order valence-corrected chi connectivity index (χ0v) is 18.3. The molecule has 0 fully saturated rings. The van der Waals surface area contributed by atoms with E-state index < -0.39 is 0 Å². The quantitative estimate of drug-likeness (QED) is 0.118. The van der Waals surface area contributed by atoms with Gasteiger partial charge in [0.05, 0.1) is 12.5 Å². The Labute approximate surface area is 169 Å². The van der Waals surface area contributed by atoms with Gasteiger partial charge in [0.2, 0.25) is 0 Å². The van der Waals surface area contributed by atoms with E-state index in [9.17, 15) is 9.59 Å². The van der Waals surface area contributed by atoms with Crippen molar-refractivity contribution in [3.8, 4) is 0 Å². The van der Waals surface area contributed by atoms with Gasteiger partial charge in [-0.3, -0.25) is 4.79 Å². The fourth-order valence-corrected chi connectivity index (χ4v) is 3.52. The van der Waals surface area contributed by atoms with Crippen LogP contribution in [-0.4, -0.2) is 18.9 Å². The molecular formula is C24H46O3. The number of rotatable bonds is 21. The van der Waals surface area contributed by atoms with E-state index in [1.165, 1.54) is 64.2 Å². The molecule has 0 amide bonds. The van der Waals surface area contributed by atoms with Crippen LogP contribution in [-0.2, 0) is 14.3 Å². The van der Waals surface area contributed by atoms with E-state index in [1.807, 2.05) is 0 Å². The normalized spacial score (nSPS) is 11.1. The van der Waals surface area contributed by atoms with Crippen molar-refractivity contribution in [3.63, 3.8) is 0 Å². The van der Waals surface area contributed by atoms with Crippen LogP contribution in [0.15, 0.2) is 0 Å². The highest BCUT2D eigenvalue weighted by atomic mass is 16.5. The molecular weight excluding hydrogens is 336 g/mol. The molecule has 0 aliphatic carbocycles. The minimum atomic E-state index is 0.0208. The van der Waals surface area contributed by atoms with Gasteiger partial charge in [0.25, 0.3) is 0 Å². The minimum Gasteiger partial charge on any atom is -0.465 e. The second-order valence-electron chi connectivity index (χ2n) is 7.99. The molecule has 160 valence electrons. The number of hydrogen-bond acceptors (Lipinski definition) is 3. The molecule has 0 aliphatic heterocycles. The SMILES string of the molecule is CCCCCCCCC(CCCCCCCC)C(=O)OCCCCCC=O. The van der Waals surface area contributed by atoms with E-state index in [0.29, 0.717) is 13.0 Å². The lowest BCUT2D eigenvalue weighted by Crippen LogP contribution is -2.18. The first kappa shape index (κ1) is 26.1. The molecule has 27 heavy (non-hydrogen) atoms. The molecule has 0 spiro atoms. The molecule has 3 nitrogen and oxygen atoms in total. The lowest BCUT2D eigenvalue weighted by molar-refractivity contribution is -0.149. The maximum atomic E-state index is 12.5. The van der Waals surface area contributed by atoms with Gasteiger partial charge in [-0.15, -0.1) is 0 Å². The summed E-state index contributed by atoms with van der Waals surface area (Å²) in [5, 5.41) is 0.